The lowest BCUT2D eigenvalue weighted by Crippen LogP contribution is -2.60. The smallest absolute Gasteiger partial charge is 0.341 e. The van der Waals surface area contributed by atoms with Gasteiger partial charge in [-0.05, 0) is 44.1 Å². The number of carbonyl (C=O) groups excluding carboxylic acids is 1. The van der Waals surface area contributed by atoms with Crippen molar-refractivity contribution in [2.45, 2.75) is 12.8 Å². The fourth-order valence-corrected chi connectivity index (χ4v) is 3.79. The van der Waals surface area contributed by atoms with Crippen LogP contribution in [0.2, 0.25) is 0 Å². The molecule has 0 saturated carbocycles. The molecule has 1 spiro atoms. The molecule has 1 aromatic heterocycles. The number of benzene rings is 1. The van der Waals surface area contributed by atoms with Crippen molar-refractivity contribution < 1.29 is 18.7 Å². The molecule has 4 rings (SSSR count). The van der Waals surface area contributed by atoms with Crippen LogP contribution in [0.15, 0.2) is 30.7 Å². The fraction of sp³-hybridized carbons (Fsp3) is 0.421. The van der Waals surface area contributed by atoms with E-state index < -0.39 is 11.8 Å². The van der Waals surface area contributed by atoms with Gasteiger partial charge in [-0.25, -0.2) is 19.2 Å². The van der Waals surface area contributed by atoms with Crippen LogP contribution in [-0.2, 0) is 4.74 Å². The zero-order chi connectivity index (χ0) is 18.9. The second-order valence-electron chi connectivity index (χ2n) is 7.05. The predicted molar refractivity (Wildman–Crippen MR) is 104 cm³/mol. The molecule has 0 atom stereocenters. The van der Waals surface area contributed by atoms with Crippen molar-refractivity contribution in [3.63, 3.8) is 0 Å². The number of aromatic nitrogens is 2. The summed E-state index contributed by atoms with van der Waals surface area (Å²) in [4.78, 5) is 22.5. The van der Waals surface area contributed by atoms with E-state index in [9.17, 15) is 9.18 Å². The Labute approximate surface area is 168 Å². The fourth-order valence-electron chi connectivity index (χ4n) is 3.79. The molecule has 0 radical (unpaired) electrons. The third-order valence-electron chi connectivity index (χ3n) is 5.24. The minimum atomic E-state index is -0.666. The summed E-state index contributed by atoms with van der Waals surface area (Å²) in [7, 11) is 1.24. The normalized spacial score (nSPS) is 17.4. The Balaban J connectivity index is 0.00000225. The summed E-state index contributed by atoms with van der Waals surface area (Å²) in [6.07, 6.45) is 5.33. The first kappa shape index (κ1) is 20.3. The number of methoxy groups -OCH3 is 1. The molecule has 0 aliphatic carbocycles. The maximum absolute atomic E-state index is 13.6. The van der Waals surface area contributed by atoms with Crippen molar-refractivity contribution in [2.24, 2.45) is 5.41 Å². The first-order valence-corrected chi connectivity index (χ1v) is 8.92. The summed E-state index contributed by atoms with van der Waals surface area (Å²) in [5.74, 6) is 0.104. The number of anilines is 1. The van der Waals surface area contributed by atoms with Gasteiger partial charge < -0.3 is 19.7 Å². The molecule has 0 amide bonds. The van der Waals surface area contributed by atoms with Gasteiger partial charge in [0.2, 0.25) is 0 Å². The molecule has 1 N–H and O–H groups in total. The van der Waals surface area contributed by atoms with Crippen LogP contribution >= 0.6 is 12.4 Å². The van der Waals surface area contributed by atoms with Gasteiger partial charge >= 0.3 is 5.97 Å². The standard InChI is InChI=1S/C19H21FN4O3.ClH/c1-26-18(25)14-8-13(20)2-3-15(14)27-16-9-22-12-23-17(16)24-10-19(11-24)4-6-21-7-5-19;/h2-3,8-9,12,21H,4-7,10-11H2,1H3;1H. The molecular weight excluding hydrogens is 387 g/mol. The Morgan fingerprint density at radius 2 is 2.00 bits per heavy atom. The third-order valence-corrected chi connectivity index (χ3v) is 5.24. The average molecular weight is 409 g/mol. The maximum atomic E-state index is 13.6. The van der Waals surface area contributed by atoms with Crippen LogP contribution in [0, 0.1) is 11.2 Å². The number of nitrogens with one attached hydrogen (secondary N) is 1. The van der Waals surface area contributed by atoms with Crippen LogP contribution in [0.25, 0.3) is 0 Å². The highest BCUT2D eigenvalue weighted by molar-refractivity contribution is 5.92. The van der Waals surface area contributed by atoms with Gasteiger partial charge in [0.25, 0.3) is 0 Å². The van der Waals surface area contributed by atoms with Crippen LogP contribution in [0.3, 0.4) is 0 Å². The molecular formula is C19H22ClFN4O3. The molecule has 7 nitrogen and oxygen atoms in total. The van der Waals surface area contributed by atoms with E-state index in [1.165, 1.54) is 25.6 Å². The van der Waals surface area contributed by atoms with Gasteiger partial charge in [0.15, 0.2) is 11.6 Å². The number of ether oxygens (including phenoxy) is 2. The Morgan fingerprint density at radius 3 is 2.71 bits per heavy atom. The van der Waals surface area contributed by atoms with Gasteiger partial charge in [-0.15, -0.1) is 12.4 Å². The molecule has 2 saturated heterocycles. The molecule has 2 aliphatic heterocycles. The Hall–Kier alpha value is -2.45. The molecule has 2 aliphatic rings. The number of hydrogen-bond donors (Lipinski definition) is 1. The number of rotatable bonds is 4. The minimum Gasteiger partial charge on any atom is -0.465 e. The van der Waals surface area contributed by atoms with Gasteiger partial charge in [0, 0.05) is 18.5 Å². The van der Waals surface area contributed by atoms with Crippen LogP contribution in [0.1, 0.15) is 23.2 Å². The number of nitrogens with zero attached hydrogens (tertiary/aromatic N) is 3. The van der Waals surface area contributed by atoms with E-state index in [1.807, 2.05) is 0 Å². The van der Waals surface area contributed by atoms with Gasteiger partial charge in [0.1, 0.15) is 23.5 Å². The molecule has 0 bridgehead atoms. The molecule has 0 unspecified atom stereocenters. The maximum Gasteiger partial charge on any atom is 0.341 e. The number of carbonyl (C=O) groups is 1. The lowest BCUT2D eigenvalue weighted by Gasteiger charge is -2.53. The van der Waals surface area contributed by atoms with Crippen molar-refractivity contribution in [3.05, 3.63) is 42.1 Å². The summed E-state index contributed by atoms with van der Waals surface area (Å²) < 4.78 is 24.2. The zero-order valence-corrected chi connectivity index (χ0v) is 16.3. The first-order valence-electron chi connectivity index (χ1n) is 8.92. The van der Waals surface area contributed by atoms with Gasteiger partial charge in [-0.1, -0.05) is 0 Å². The summed E-state index contributed by atoms with van der Waals surface area (Å²) in [6, 6.07) is 3.74. The van der Waals surface area contributed by atoms with Gasteiger partial charge in [-0.2, -0.15) is 0 Å². The van der Waals surface area contributed by atoms with Crippen molar-refractivity contribution in [2.75, 3.05) is 38.2 Å². The quantitative estimate of drug-likeness (QED) is 0.779. The lowest BCUT2D eigenvalue weighted by atomic mass is 9.72. The summed E-state index contributed by atoms with van der Waals surface area (Å²) in [5.41, 5.74) is 0.353. The monoisotopic (exact) mass is 408 g/mol. The largest absolute Gasteiger partial charge is 0.465 e. The van der Waals surface area contributed by atoms with E-state index in [4.69, 9.17) is 9.47 Å². The van der Waals surface area contributed by atoms with Gasteiger partial charge in [0.05, 0.1) is 13.3 Å². The minimum absolute atomic E-state index is 0. The zero-order valence-electron chi connectivity index (χ0n) is 15.5. The van der Waals surface area contributed by atoms with E-state index in [1.54, 1.807) is 6.20 Å². The van der Waals surface area contributed by atoms with E-state index in [0.717, 1.165) is 45.1 Å². The highest BCUT2D eigenvalue weighted by Crippen LogP contribution is 2.43. The molecule has 28 heavy (non-hydrogen) atoms. The number of piperidine rings is 1. The molecule has 2 aromatic rings. The Bertz CT molecular complexity index is 853. The van der Waals surface area contributed by atoms with E-state index in [0.29, 0.717) is 17.0 Å². The van der Waals surface area contributed by atoms with E-state index >= 15 is 0 Å². The SMILES string of the molecule is COC(=O)c1cc(F)ccc1Oc1cncnc1N1CC2(CCNCC2)C1.Cl. The number of halogens is 2. The summed E-state index contributed by atoms with van der Waals surface area (Å²) >= 11 is 0. The Morgan fingerprint density at radius 1 is 1.25 bits per heavy atom. The number of esters is 1. The second kappa shape index (κ2) is 8.28. The van der Waals surface area contributed by atoms with E-state index in [2.05, 4.69) is 20.2 Å². The van der Waals surface area contributed by atoms with Crippen LogP contribution < -0.4 is 15.0 Å². The molecule has 3 heterocycles. The summed E-state index contributed by atoms with van der Waals surface area (Å²) in [5, 5.41) is 3.39. The molecule has 1 aromatic carbocycles. The van der Waals surface area contributed by atoms with Gasteiger partial charge in [-0.3, -0.25) is 0 Å². The van der Waals surface area contributed by atoms with Crippen molar-refractivity contribution >= 4 is 24.2 Å². The topological polar surface area (TPSA) is 76.6 Å². The van der Waals surface area contributed by atoms with Crippen LogP contribution in [0.4, 0.5) is 10.2 Å². The lowest BCUT2D eigenvalue weighted by molar-refractivity contribution is 0.0597. The average Bonchev–Trinajstić information content (AvgIpc) is 2.68. The van der Waals surface area contributed by atoms with Crippen molar-refractivity contribution in [1.29, 1.82) is 0 Å². The molecule has 150 valence electrons. The summed E-state index contributed by atoms with van der Waals surface area (Å²) in [6.45, 7) is 3.91. The predicted octanol–water partition coefficient (Wildman–Crippen LogP) is 2.81. The molecule has 2 fully saturated rings. The highest BCUT2D eigenvalue weighted by atomic mass is 35.5. The number of hydrogen-bond acceptors (Lipinski definition) is 7. The van der Waals surface area contributed by atoms with Crippen LogP contribution in [0.5, 0.6) is 11.5 Å². The van der Waals surface area contributed by atoms with E-state index in [-0.39, 0.29) is 23.7 Å². The molecule has 9 heteroatoms. The second-order valence-corrected chi connectivity index (χ2v) is 7.05. The van der Waals surface area contributed by atoms with Crippen LogP contribution in [-0.4, -0.2) is 49.2 Å². The third kappa shape index (κ3) is 3.88. The highest BCUT2D eigenvalue weighted by Gasteiger charge is 2.44. The Kier molecular flexibility index (Phi) is 6.00. The first-order chi connectivity index (χ1) is 13.1. The van der Waals surface area contributed by atoms with Crippen molar-refractivity contribution in [3.8, 4) is 11.5 Å². The van der Waals surface area contributed by atoms with Crippen molar-refractivity contribution in [1.82, 2.24) is 15.3 Å².